The summed E-state index contributed by atoms with van der Waals surface area (Å²) >= 11 is 0. The van der Waals surface area contributed by atoms with Crippen molar-refractivity contribution in [2.75, 3.05) is 0 Å². The van der Waals surface area contributed by atoms with Crippen molar-refractivity contribution < 1.29 is 43.8 Å². The Labute approximate surface area is 130 Å². The second-order valence-electron chi connectivity index (χ2n) is 3.62. The maximum Gasteiger partial charge on any atom is 1.00 e. The predicted octanol–water partition coefficient (Wildman–Crippen LogP) is -2.69. The smallest absolute Gasteiger partial charge is 0.543 e. The third kappa shape index (κ3) is 3.41. The van der Waals surface area contributed by atoms with Crippen molar-refractivity contribution in [2.45, 2.75) is 6.54 Å². The zero-order valence-corrected chi connectivity index (χ0v) is 12.1. The van der Waals surface area contributed by atoms with Crippen molar-refractivity contribution in [3.05, 3.63) is 53.4 Å². The van der Waals surface area contributed by atoms with E-state index in [4.69, 9.17) is 5.26 Å². The van der Waals surface area contributed by atoms with Gasteiger partial charge in [-0.3, -0.25) is 0 Å². The maximum atomic E-state index is 13.4. The molecule has 0 aliphatic carbocycles. The maximum absolute atomic E-state index is 13.4. The minimum absolute atomic E-state index is 0. The number of carboxylic acids is 1. The Morgan fingerprint density at radius 3 is 2.84 bits per heavy atom. The van der Waals surface area contributed by atoms with E-state index in [0.717, 1.165) is 6.20 Å². The largest absolute Gasteiger partial charge is 1.00 e. The number of aromatic nitrogens is 2. The quantitative estimate of drug-likeness (QED) is 0.567. The first-order valence-corrected chi connectivity index (χ1v) is 5.02. The molecule has 0 radical (unpaired) electrons. The van der Waals surface area contributed by atoms with Gasteiger partial charge in [0.15, 0.2) is 0 Å². The van der Waals surface area contributed by atoms with Crippen molar-refractivity contribution in [1.29, 1.82) is 5.26 Å². The van der Waals surface area contributed by atoms with Crippen LogP contribution >= 0.6 is 0 Å². The van der Waals surface area contributed by atoms with Crippen LogP contribution in [0.4, 0.5) is 4.39 Å². The van der Waals surface area contributed by atoms with Crippen LogP contribution in [0.1, 0.15) is 21.6 Å². The number of halogens is 1. The van der Waals surface area contributed by atoms with Crippen LogP contribution in [0.25, 0.3) is 0 Å². The van der Waals surface area contributed by atoms with Crippen molar-refractivity contribution >= 4 is 5.97 Å². The topological polar surface area (TPSA) is 81.7 Å². The fraction of sp³-hybridized carbons (Fsp3) is 0.0833. The molecule has 90 valence electrons. The number of nitrogens with zero attached hydrogens (tertiary/aromatic N) is 3. The first-order valence-electron chi connectivity index (χ1n) is 5.02. The van der Waals surface area contributed by atoms with Crippen LogP contribution in [0.3, 0.4) is 0 Å². The molecule has 7 heteroatoms. The van der Waals surface area contributed by atoms with Crippen LogP contribution in [-0.4, -0.2) is 15.5 Å². The molecular weight excluding hydrogens is 260 g/mol. The summed E-state index contributed by atoms with van der Waals surface area (Å²) in [5.41, 5.74) is 0.399. The molecule has 0 atom stereocenters. The molecule has 0 unspecified atom stereocenters. The molecule has 0 aliphatic rings. The van der Waals surface area contributed by atoms with Crippen molar-refractivity contribution in [1.82, 2.24) is 9.55 Å². The van der Waals surface area contributed by atoms with Gasteiger partial charge in [0.2, 0.25) is 0 Å². The summed E-state index contributed by atoms with van der Waals surface area (Å²) in [6.07, 6.45) is 2.48. The van der Waals surface area contributed by atoms with Gasteiger partial charge in [0.05, 0.1) is 29.8 Å². The minimum Gasteiger partial charge on any atom is -0.543 e. The van der Waals surface area contributed by atoms with Gasteiger partial charge in [0.1, 0.15) is 11.9 Å². The average molecular weight is 267 g/mol. The second kappa shape index (κ2) is 6.48. The SMILES string of the molecule is N#Cc1ccc(Cn2cncc2C(=O)[O-])cc1F.[Na+]. The molecule has 0 amide bonds. The molecule has 1 aromatic heterocycles. The zero-order valence-electron chi connectivity index (χ0n) is 10.1. The number of hydrogen-bond donors (Lipinski definition) is 0. The van der Waals surface area contributed by atoms with E-state index in [1.807, 2.05) is 0 Å². The van der Waals surface area contributed by atoms with Gasteiger partial charge in [-0.05, 0) is 17.7 Å². The summed E-state index contributed by atoms with van der Waals surface area (Å²) in [5, 5.41) is 19.3. The summed E-state index contributed by atoms with van der Waals surface area (Å²) in [6.45, 7) is 0.145. The summed E-state index contributed by atoms with van der Waals surface area (Å²) < 4.78 is 14.7. The molecule has 1 aromatic carbocycles. The number of hydrogen-bond acceptors (Lipinski definition) is 4. The van der Waals surface area contributed by atoms with Crippen LogP contribution in [0, 0.1) is 17.1 Å². The first-order chi connectivity index (χ1) is 8.61. The van der Waals surface area contributed by atoms with Gasteiger partial charge < -0.3 is 14.5 Å². The van der Waals surface area contributed by atoms with E-state index in [-0.39, 0.29) is 47.4 Å². The fourth-order valence-corrected chi connectivity index (χ4v) is 1.56. The van der Waals surface area contributed by atoms with Gasteiger partial charge in [-0.2, -0.15) is 5.26 Å². The third-order valence-electron chi connectivity index (χ3n) is 2.43. The van der Waals surface area contributed by atoms with Crippen LogP contribution in [0.5, 0.6) is 0 Å². The zero-order chi connectivity index (χ0) is 13.1. The number of rotatable bonds is 3. The molecule has 1 heterocycles. The third-order valence-corrected chi connectivity index (χ3v) is 2.43. The minimum atomic E-state index is -1.35. The van der Waals surface area contributed by atoms with E-state index in [1.165, 1.54) is 23.0 Å². The van der Waals surface area contributed by atoms with E-state index in [0.29, 0.717) is 5.56 Å². The molecule has 5 nitrogen and oxygen atoms in total. The van der Waals surface area contributed by atoms with Crippen molar-refractivity contribution in [2.24, 2.45) is 0 Å². The Hall–Kier alpha value is -1.68. The molecule has 0 saturated heterocycles. The molecule has 2 aromatic rings. The first kappa shape index (κ1) is 15.4. The molecule has 0 bridgehead atoms. The molecule has 0 spiro atoms. The van der Waals surface area contributed by atoms with Crippen molar-refractivity contribution in [3.8, 4) is 6.07 Å². The summed E-state index contributed by atoms with van der Waals surface area (Å²) in [4.78, 5) is 14.4. The Morgan fingerprint density at radius 1 is 1.53 bits per heavy atom. The molecule has 0 aliphatic heterocycles. The normalized spacial score (nSPS) is 9.47. The Kier molecular flexibility index (Phi) is 5.24. The van der Waals surface area contributed by atoms with E-state index in [1.54, 1.807) is 12.1 Å². The van der Waals surface area contributed by atoms with E-state index in [9.17, 15) is 14.3 Å². The Bertz CT molecular complexity index is 649. The van der Waals surface area contributed by atoms with Crippen molar-refractivity contribution in [3.63, 3.8) is 0 Å². The van der Waals surface area contributed by atoms with Gasteiger partial charge in [-0.25, -0.2) is 9.37 Å². The Morgan fingerprint density at radius 2 is 2.26 bits per heavy atom. The number of imidazole rings is 1. The number of carbonyl (C=O) groups excluding carboxylic acids is 1. The average Bonchev–Trinajstić information content (AvgIpc) is 2.77. The number of carbonyl (C=O) groups is 1. The summed E-state index contributed by atoms with van der Waals surface area (Å²) in [7, 11) is 0. The molecule has 0 saturated carbocycles. The van der Waals surface area contributed by atoms with E-state index >= 15 is 0 Å². The number of nitriles is 1. The van der Waals surface area contributed by atoms with Gasteiger partial charge in [0.25, 0.3) is 0 Å². The van der Waals surface area contributed by atoms with Crippen LogP contribution < -0.4 is 34.7 Å². The molecule has 0 N–H and O–H groups in total. The second-order valence-corrected chi connectivity index (χ2v) is 3.62. The monoisotopic (exact) mass is 267 g/mol. The van der Waals surface area contributed by atoms with Gasteiger partial charge in [-0.15, -0.1) is 0 Å². The van der Waals surface area contributed by atoms with Gasteiger partial charge >= 0.3 is 29.6 Å². The van der Waals surface area contributed by atoms with E-state index in [2.05, 4.69) is 4.98 Å². The Balaban J connectivity index is 0.00000180. The number of carboxylic acid groups (broad SMARTS) is 1. The molecule has 0 fully saturated rings. The molecule has 2 rings (SSSR count). The van der Waals surface area contributed by atoms with Crippen LogP contribution in [-0.2, 0) is 6.54 Å². The van der Waals surface area contributed by atoms with Gasteiger partial charge in [-0.1, -0.05) is 6.07 Å². The van der Waals surface area contributed by atoms with E-state index < -0.39 is 11.8 Å². The summed E-state index contributed by atoms with van der Waals surface area (Å²) in [5.74, 6) is -1.98. The fourth-order valence-electron chi connectivity index (χ4n) is 1.56. The standard InChI is InChI=1S/C12H8FN3O2.Na/c13-10-3-8(1-2-9(10)4-14)6-16-7-15-5-11(16)12(17)18;/h1-3,5,7H,6H2,(H,17,18);/q;+1/p-1. The molecular formula is C12H7FN3NaO2. The van der Waals surface area contributed by atoms with Gasteiger partial charge in [0, 0.05) is 6.54 Å². The molecule has 19 heavy (non-hydrogen) atoms. The summed E-state index contributed by atoms with van der Waals surface area (Å²) in [6, 6.07) is 5.81. The predicted molar refractivity (Wildman–Crippen MR) is 56.8 cm³/mol. The van der Waals surface area contributed by atoms with Crippen LogP contribution in [0.2, 0.25) is 0 Å². The number of benzene rings is 1. The van der Waals surface area contributed by atoms with Crippen LogP contribution in [0.15, 0.2) is 30.7 Å². The number of aromatic carboxylic acids is 1.